The molecule has 0 aliphatic carbocycles. The number of nitrogens with zero attached hydrogens (tertiary/aromatic N) is 3. The second-order valence-corrected chi connectivity index (χ2v) is 6.51. The van der Waals surface area contributed by atoms with Crippen molar-refractivity contribution in [1.82, 2.24) is 9.97 Å². The van der Waals surface area contributed by atoms with Crippen LogP contribution in [0.1, 0.15) is 32.0 Å². The minimum absolute atomic E-state index is 0.120. The number of nitriles is 1. The van der Waals surface area contributed by atoms with Crippen LogP contribution in [0.3, 0.4) is 0 Å². The number of fused-ring (bicyclic) bond motifs is 1. The highest BCUT2D eigenvalue weighted by molar-refractivity contribution is 6.11. The first-order chi connectivity index (χ1) is 14.5. The van der Waals surface area contributed by atoms with Crippen molar-refractivity contribution >= 4 is 22.7 Å². The number of carbonyl (C=O) groups is 2. The number of amides is 1. The van der Waals surface area contributed by atoms with Crippen LogP contribution in [0.2, 0.25) is 0 Å². The molecule has 144 valence electrons. The highest BCUT2D eigenvalue weighted by Gasteiger charge is 2.18. The lowest BCUT2D eigenvalue weighted by Crippen LogP contribution is -2.10. The van der Waals surface area contributed by atoms with Gasteiger partial charge in [-0.1, -0.05) is 24.3 Å². The fraction of sp³-hybridized carbons (Fsp3) is 0. The maximum atomic E-state index is 15.3. The molecule has 6 nitrogen and oxygen atoms in total. The van der Waals surface area contributed by atoms with Gasteiger partial charge in [0.05, 0.1) is 22.8 Å². The van der Waals surface area contributed by atoms with Crippen LogP contribution >= 0.6 is 0 Å². The second-order valence-electron chi connectivity index (χ2n) is 6.51. The summed E-state index contributed by atoms with van der Waals surface area (Å²) in [5.74, 6) is -1.87. The molecule has 0 saturated carbocycles. The molecule has 0 aliphatic heterocycles. The zero-order chi connectivity index (χ0) is 21.3. The Bertz CT molecular complexity index is 1380. The molecular formula is C23H13FN4O2. The van der Waals surface area contributed by atoms with Crippen molar-refractivity contribution in [2.75, 3.05) is 0 Å². The molecular weight excluding hydrogens is 383 g/mol. The highest BCUT2D eigenvalue weighted by atomic mass is 19.1. The quantitative estimate of drug-likeness (QED) is 0.530. The Hall–Kier alpha value is -4.44. The van der Waals surface area contributed by atoms with Crippen LogP contribution in [0, 0.1) is 17.1 Å². The third kappa shape index (κ3) is 3.38. The lowest BCUT2D eigenvalue weighted by atomic mass is 9.96. The van der Waals surface area contributed by atoms with Crippen molar-refractivity contribution in [2.45, 2.75) is 0 Å². The van der Waals surface area contributed by atoms with Crippen LogP contribution in [0.15, 0.2) is 66.9 Å². The summed E-state index contributed by atoms with van der Waals surface area (Å²) in [6.45, 7) is 0. The molecule has 0 atom stereocenters. The van der Waals surface area contributed by atoms with Gasteiger partial charge in [-0.05, 0) is 42.0 Å². The number of primary amides is 1. The first kappa shape index (κ1) is 18.9. The molecule has 1 amide bonds. The largest absolute Gasteiger partial charge is 0.366 e. The maximum Gasteiger partial charge on any atom is 0.248 e. The van der Waals surface area contributed by atoms with Crippen LogP contribution in [-0.2, 0) is 0 Å². The minimum atomic E-state index is -0.707. The zero-order valence-corrected chi connectivity index (χ0v) is 15.5. The molecule has 30 heavy (non-hydrogen) atoms. The Labute approximate surface area is 170 Å². The van der Waals surface area contributed by atoms with E-state index in [9.17, 15) is 9.59 Å². The second kappa shape index (κ2) is 7.53. The maximum absolute atomic E-state index is 15.3. The average molecular weight is 396 g/mol. The number of hydrogen-bond acceptors (Lipinski definition) is 5. The van der Waals surface area contributed by atoms with Crippen LogP contribution in [0.5, 0.6) is 0 Å². The highest BCUT2D eigenvalue weighted by Crippen LogP contribution is 2.27. The number of benzene rings is 3. The van der Waals surface area contributed by atoms with Gasteiger partial charge in [0.1, 0.15) is 11.9 Å². The van der Waals surface area contributed by atoms with Gasteiger partial charge in [0, 0.05) is 16.7 Å². The first-order valence-corrected chi connectivity index (χ1v) is 8.88. The summed E-state index contributed by atoms with van der Waals surface area (Å²) in [5, 5.41) is 8.98. The smallest absolute Gasteiger partial charge is 0.248 e. The third-order valence-electron chi connectivity index (χ3n) is 4.62. The minimum Gasteiger partial charge on any atom is -0.366 e. The zero-order valence-electron chi connectivity index (χ0n) is 15.5. The summed E-state index contributed by atoms with van der Waals surface area (Å²) in [7, 11) is 0. The van der Waals surface area contributed by atoms with E-state index in [1.807, 2.05) is 6.07 Å². The fourth-order valence-electron chi connectivity index (χ4n) is 3.13. The van der Waals surface area contributed by atoms with E-state index in [1.54, 1.807) is 24.3 Å². The van der Waals surface area contributed by atoms with E-state index in [-0.39, 0.29) is 27.9 Å². The van der Waals surface area contributed by atoms with Gasteiger partial charge in [-0.2, -0.15) is 5.26 Å². The standard InChI is InChI=1S/C23H13FN4O2/c24-21-17(13-3-1-4-15(9-13)23(26)30)5-2-6-18(21)22(29)14-7-8-19-20(10-14)28-16(11-25)12-27-19/h1-10,12H,(H2,26,30). The summed E-state index contributed by atoms with van der Waals surface area (Å²) in [5.41, 5.74) is 7.25. The van der Waals surface area contributed by atoms with Gasteiger partial charge in [0.2, 0.25) is 5.91 Å². The predicted molar refractivity (Wildman–Crippen MR) is 108 cm³/mol. The SMILES string of the molecule is N#Cc1cnc2ccc(C(=O)c3cccc(-c4cccc(C(N)=O)c4)c3F)cc2n1. The molecule has 0 spiro atoms. The summed E-state index contributed by atoms with van der Waals surface area (Å²) in [4.78, 5) is 32.7. The van der Waals surface area contributed by atoms with Crippen molar-refractivity contribution in [3.05, 3.63) is 95.1 Å². The Morgan fingerprint density at radius 2 is 1.77 bits per heavy atom. The van der Waals surface area contributed by atoms with Gasteiger partial charge in [-0.15, -0.1) is 0 Å². The molecule has 0 aliphatic rings. The average Bonchev–Trinajstić information content (AvgIpc) is 2.78. The van der Waals surface area contributed by atoms with Gasteiger partial charge in [-0.25, -0.2) is 9.37 Å². The Kier molecular flexibility index (Phi) is 4.74. The monoisotopic (exact) mass is 396 g/mol. The summed E-state index contributed by atoms with van der Waals surface area (Å²) in [6.07, 6.45) is 1.34. The predicted octanol–water partition coefficient (Wildman–Crippen LogP) is 3.64. The number of hydrogen-bond donors (Lipinski definition) is 1. The van der Waals surface area contributed by atoms with E-state index in [4.69, 9.17) is 11.0 Å². The molecule has 0 bridgehead atoms. The lowest BCUT2D eigenvalue weighted by molar-refractivity contribution is 0.0998. The van der Waals surface area contributed by atoms with Gasteiger partial charge in [0.25, 0.3) is 0 Å². The molecule has 0 saturated heterocycles. The number of halogens is 1. The molecule has 0 unspecified atom stereocenters. The van der Waals surface area contributed by atoms with Gasteiger partial charge >= 0.3 is 0 Å². The summed E-state index contributed by atoms with van der Waals surface area (Å²) < 4.78 is 15.3. The van der Waals surface area contributed by atoms with Gasteiger partial charge < -0.3 is 5.73 Å². The van der Waals surface area contributed by atoms with E-state index in [0.29, 0.717) is 16.6 Å². The van der Waals surface area contributed by atoms with E-state index in [2.05, 4.69) is 9.97 Å². The van der Waals surface area contributed by atoms with E-state index < -0.39 is 17.5 Å². The molecule has 1 heterocycles. The molecule has 7 heteroatoms. The number of nitrogens with two attached hydrogens (primary N) is 1. The fourth-order valence-corrected chi connectivity index (χ4v) is 3.13. The molecule has 1 aromatic heterocycles. The van der Waals surface area contributed by atoms with Crippen molar-refractivity contribution < 1.29 is 14.0 Å². The molecule has 4 aromatic rings. The number of ketones is 1. The van der Waals surface area contributed by atoms with Crippen LogP contribution in [0.25, 0.3) is 22.2 Å². The van der Waals surface area contributed by atoms with Crippen LogP contribution in [0.4, 0.5) is 4.39 Å². The first-order valence-electron chi connectivity index (χ1n) is 8.88. The normalized spacial score (nSPS) is 10.5. The molecule has 2 N–H and O–H groups in total. The van der Waals surface area contributed by atoms with E-state index >= 15 is 4.39 Å². The Morgan fingerprint density at radius 3 is 2.53 bits per heavy atom. The molecule has 0 fully saturated rings. The lowest BCUT2D eigenvalue weighted by Gasteiger charge is -2.09. The van der Waals surface area contributed by atoms with Crippen molar-refractivity contribution in [1.29, 1.82) is 5.26 Å². The van der Waals surface area contributed by atoms with Gasteiger partial charge in [-0.3, -0.25) is 14.6 Å². The summed E-state index contributed by atoms with van der Waals surface area (Å²) in [6, 6.07) is 17.2. The molecule has 3 aromatic carbocycles. The number of carbonyl (C=O) groups excluding carboxylic acids is 2. The van der Waals surface area contributed by atoms with Gasteiger partial charge in [0.15, 0.2) is 11.5 Å². The van der Waals surface area contributed by atoms with Crippen molar-refractivity contribution in [2.24, 2.45) is 5.73 Å². The summed E-state index contributed by atoms with van der Waals surface area (Å²) >= 11 is 0. The Morgan fingerprint density at radius 1 is 0.967 bits per heavy atom. The molecule has 0 radical (unpaired) electrons. The van der Waals surface area contributed by atoms with Crippen molar-refractivity contribution in [3.8, 4) is 17.2 Å². The topological polar surface area (TPSA) is 110 Å². The number of aromatic nitrogens is 2. The number of rotatable bonds is 4. The molecule has 4 rings (SSSR count). The van der Waals surface area contributed by atoms with E-state index in [0.717, 1.165) is 0 Å². The van der Waals surface area contributed by atoms with Crippen molar-refractivity contribution in [3.63, 3.8) is 0 Å². The van der Waals surface area contributed by atoms with Crippen LogP contribution < -0.4 is 5.73 Å². The van der Waals surface area contributed by atoms with E-state index in [1.165, 1.54) is 42.6 Å². The Balaban J connectivity index is 1.78. The third-order valence-corrected chi connectivity index (χ3v) is 4.62. The van der Waals surface area contributed by atoms with Crippen LogP contribution in [-0.4, -0.2) is 21.7 Å².